The van der Waals surface area contributed by atoms with Gasteiger partial charge in [0.1, 0.15) is 0 Å². The Bertz CT molecular complexity index is 250. The van der Waals surface area contributed by atoms with Gasteiger partial charge in [0.2, 0.25) is 0 Å². The number of unbranched alkanes of at least 4 members (excludes halogenated alkanes) is 4. The Labute approximate surface area is 127 Å². The van der Waals surface area contributed by atoms with E-state index in [9.17, 15) is 0 Å². The van der Waals surface area contributed by atoms with Crippen LogP contribution in [0, 0.1) is 17.8 Å². The fraction of sp³-hybridized carbons (Fsp3) is 1.00. The summed E-state index contributed by atoms with van der Waals surface area (Å²) in [6, 6.07) is 0.805. The number of hydrogen-bond acceptors (Lipinski definition) is 1. The van der Waals surface area contributed by atoms with E-state index in [0.29, 0.717) is 0 Å². The zero-order valence-electron chi connectivity index (χ0n) is 14.0. The second-order valence-electron chi connectivity index (χ2n) is 7.48. The van der Waals surface area contributed by atoms with E-state index in [4.69, 9.17) is 0 Å². The van der Waals surface area contributed by atoms with Gasteiger partial charge in [0.05, 0.1) is 0 Å². The smallest absolute Gasteiger partial charge is 0.00924 e. The van der Waals surface area contributed by atoms with Crippen LogP contribution in [0.3, 0.4) is 0 Å². The third-order valence-electron chi connectivity index (χ3n) is 6.14. The summed E-state index contributed by atoms with van der Waals surface area (Å²) in [7, 11) is 2.20. The molecule has 2 rings (SSSR count). The Morgan fingerprint density at radius 3 is 2.40 bits per heavy atom. The third-order valence-corrected chi connectivity index (χ3v) is 6.14. The number of fused-ring (bicyclic) bond motifs is 1. The van der Waals surface area contributed by atoms with Crippen LogP contribution in [0.1, 0.15) is 90.4 Å². The molecular formula is C19H37N. The molecule has 0 aromatic rings. The fourth-order valence-electron chi connectivity index (χ4n) is 4.86. The molecule has 1 heteroatoms. The predicted molar refractivity (Wildman–Crippen MR) is 89.0 cm³/mol. The Morgan fingerprint density at radius 1 is 0.900 bits per heavy atom. The van der Waals surface area contributed by atoms with Crippen molar-refractivity contribution in [3.8, 4) is 0 Å². The molecule has 0 aromatic carbocycles. The molecule has 4 unspecified atom stereocenters. The Balaban J connectivity index is 1.70. The zero-order chi connectivity index (χ0) is 14.2. The van der Waals surface area contributed by atoms with E-state index in [1.807, 2.05) is 0 Å². The highest BCUT2D eigenvalue weighted by Crippen LogP contribution is 2.44. The van der Waals surface area contributed by atoms with E-state index in [2.05, 4.69) is 19.3 Å². The lowest BCUT2D eigenvalue weighted by molar-refractivity contribution is 0.108. The molecule has 1 N–H and O–H groups in total. The van der Waals surface area contributed by atoms with Crippen LogP contribution in [-0.2, 0) is 0 Å². The Kier molecular flexibility index (Phi) is 7.41. The van der Waals surface area contributed by atoms with Crippen LogP contribution >= 0.6 is 0 Å². The standard InChI is InChI=1S/C19H37N/c1-3-4-5-6-7-12-19(20-2)18-14-13-16-10-8-9-11-17(16)15-18/h16-20H,3-15H2,1-2H3. The molecule has 20 heavy (non-hydrogen) atoms. The molecule has 2 aliphatic rings. The van der Waals surface area contributed by atoms with Crippen LogP contribution < -0.4 is 5.32 Å². The van der Waals surface area contributed by atoms with Gasteiger partial charge in [-0.05, 0) is 50.5 Å². The van der Waals surface area contributed by atoms with Crippen molar-refractivity contribution in [2.75, 3.05) is 7.05 Å². The van der Waals surface area contributed by atoms with Crippen molar-refractivity contribution >= 4 is 0 Å². The average Bonchev–Trinajstić information content (AvgIpc) is 2.50. The van der Waals surface area contributed by atoms with Gasteiger partial charge in [0, 0.05) is 6.04 Å². The maximum absolute atomic E-state index is 3.66. The first-order valence-corrected chi connectivity index (χ1v) is 9.52. The summed E-state index contributed by atoms with van der Waals surface area (Å²) in [5.74, 6) is 3.16. The van der Waals surface area contributed by atoms with Crippen molar-refractivity contribution in [3.05, 3.63) is 0 Å². The van der Waals surface area contributed by atoms with E-state index < -0.39 is 0 Å². The molecule has 0 bridgehead atoms. The molecule has 2 aliphatic carbocycles. The van der Waals surface area contributed by atoms with Crippen molar-refractivity contribution < 1.29 is 0 Å². The molecule has 0 spiro atoms. The minimum absolute atomic E-state index is 0.805. The van der Waals surface area contributed by atoms with Gasteiger partial charge < -0.3 is 5.32 Å². The molecule has 0 radical (unpaired) electrons. The van der Waals surface area contributed by atoms with Gasteiger partial charge in [-0.15, -0.1) is 0 Å². The Morgan fingerprint density at radius 2 is 1.65 bits per heavy atom. The first kappa shape index (κ1) is 16.3. The van der Waals surface area contributed by atoms with Crippen LogP contribution in [0.15, 0.2) is 0 Å². The number of rotatable bonds is 8. The highest BCUT2D eigenvalue weighted by Gasteiger charge is 2.34. The van der Waals surface area contributed by atoms with Gasteiger partial charge in [0.15, 0.2) is 0 Å². The normalized spacial score (nSPS) is 31.8. The summed E-state index contributed by atoms with van der Waals surface area (Å²) < 4.78 is 0. The van der Waals surface area contributed by atoms with E-state index in [-0.39, 0.29) is 0 Å². The molecule has 2 fully saturated rings. The lowest BCUT2D eigenvalue weighted by atomic mass is 9.65. The third kappa shape index (κ3) is 4.76. The maximum atomic E-state index is 3.66. The zero-order valence-corrected chi connectivity index (χ0v) is 14.0. The average molecular weight is 280 g/mol. The molecular weight excluding hydrogens is 242 g/mol. The number of hydrogen-bond donors (Lipinski definition) is 1. The van der Waals surface area contributed by atoms with Crippen molar-refractivity contribution in [2.45, 2.75) is 96.4 Å². The molecule has 1 nitrogen and oxygen atoms in total. The second kappa shape index (κ2) is 9.07. The summed E-state index contributed by atoms with van der Waals surface area (Å²) in [4.78, 5) is 0. The fourth-order valence-corrected chi connectivity index (χ4v) is 4.86. The van der Waals surface area contributed by atoms with Gasteiger partial charge in [-0.2, -0.15) is 0 Å². The summed E-state index contributed by atoms with van der Waals surface area (Å²) in [6.07, 6.45) is 19.2. The molecule has 0 aliphatic heterocycles. The monoisotopic (exact) mass is 279 g/mol. The molecule has 0 amide bonds. The van der Waals surface area contributed by atoms with Crippen LogP contribution in [0.25, 0.3) is 0 Å². The van der Waals surface area contributed by atoms with E-state index in [1.165, 1.54) is 77.0 Å². The molecule has 2 saturated carbocycles. The quantitative estimate of drug-likeness (QED) is 0.575. The van der Waals surface area contributed by atoms with Crippen LogP contribution in [-0.4, -0.2) is 13.1 Å². The van der Waals surface area contributed by atoms with Gasteiger partial charge in [-0.3, -0.25) is 0 Å². The first-order chi connectivity index (χ1) is 9.85. The minimum Gasteiger partial charge on any atom is -0.317 e. The molecule has 4 atom stereocenters. The minimum atomic E-state index is 0.805. The molecule has 0 saturated heterocycles. The molecule has 0 heterocycles. The summed E-state index contributed by atoms with van der Waals surface area (Å²) in [6.45, 7) is 2.30. The lowest BCUT2D eigenvalue weighted by Crippen LogP contribution is -2.39. The van der Waals surface area contributed by atoms with Crippen LogP contribution in [0.4, 0.5) is 0 Å². The van der Waals surface area contributed by atoms with Gasteiger partial charge in [-0.25, -0.2) is 0 Å². The lowest BCUT2D eigenvalue weighted by Gasteiger charge is -2.42. The second-order valence-corrected chi connectivity index (χ2v) is 7.48. The summed E-state index contributed by atoms with van der Waals surface area (Å²) >= 11 is 0. The van der Waals surface area contributed by atoms with Crippen LogP contribution in [0.2, 0.25) is 0 Å². The summed E-state index contributed by atoms with van der Waals surface area (Å²) in [5, 5.41) is 3.66. The van der Waals surface area contributed by atoms with E-state index in [1.54, 1.807) is 6.42 Å². The van der Waals surface area contributed by atoms with Crippen LogP contribution in [0.5, 0.6) is 0 Å². The van der Waals surface area contributed by atoms with Gasteiger partial charge in [0.25, 0.3) is 0 Å². The summed E-state index contributed by atoms with van der Waals surface area (Å²) in [5.41, 5.74) is 0. The van der Waals surface area contributed by atoms with Gasteiger partial charge >= 0.3 is 0 Å². The maximum Gasteiger partial charge on any atom is 0.00924 e. The van der Waals surface area contributed by atoms with Gasteiger partial charge in [-0.1, -0.05) is 64.7 Å². The SMILES string of the molecule is CCCCCCCC(NC)C1CCC2CCCCC2C1. The highest BCUT2D eigenvalue weighted by molar-refractivity contribution is 4.87. The van der Waals surface area contributed by atoms with Crippen molar-refractivity contribution in [3.63, 3.8) is 0 Å². The van der Waals surface area contributed by atoms with E-state index in [0.717, 1.165) is 23.8 Å². The highest BCUT2D eigenvalue weighted by atomic mass is 14.9. The largest absolute Gasteiger partial charge is 0.317 e. The van der Waals surface area contributed by atoms with Crippen molar-refractivity contribution in [1.29, 1.82) is 0 Å². The van der Waals surface area contributed by atoms with Crippen molar-refractivity contribution in [1.82, 2.24) is 5.32 Å². The molecule has 0 aromatic heterocycles. The Hall–Kier alpha value is -0.0400. The first-order valence-electron chi connectivity index (χ1n) is 9.52. The van der Waals surface area contributed by atoms with E-state index >= 15 is 0 Å². The number of nitrogens with one attached hydrogen (secondary N) is 1. The topological polar surface area (TPSA) is 12.0 Å². The molecule has 118 valence electrons. The predicted octanol–water partition coefficient (Wildman–Crippen LogP) is 5.54. The van der Waals surface area contributed by atoms with Crippen molar-refractivity contribution in [2.24, 2.45) is 17.8 Å².